The number of ether oxygens (including phenoxy) is 1. The van der Waals surface area contributed by atoms with Gasteiger partial charge in [0.15, 0.2) is 0 Å². The lowest BCUT2D eigenvalue weighted by Gasteiger charge is -2.35. The predicted octanol–water partition coefficient (Wildman–Crippen LogP) is 2.94. The van der Waals surface area contributed by atoms with Gasteiger partial charge in [-0.15, -0.1) is 0 Å². The summed E-state index contributed by atoms with van der Waals surface area (Å²) in [5.74, 6) is -0.134. The Morgan fingerprint density at radius 1 is 1.45 bits per heavy atom. The number of methoxy groups -OCH3 is 1. The van der Waals surface area contributed by atoms with Gasteiger partial charge in [0.2, 0.25) is 0 Å². The van der Waals surface area contributed by atoms with Crippen LogP contribution in [0.15, 0.2) is 18.2 Å². The molecule has 1 fully saturated rings. The van der Waals surface area contributed by atoms with Crippen LogP contribution in [0.2, 0.25) is 0 Å². The molecule has 1 aromatic carbocycles. The molecule has 2 rings (SSSR count). The van der Waals surface area contributed by atoms with E-state index in [0.717, 1.165) is 37.2 Å². The second-order valence-electron chi connectivity index (χ2n) is 5.73. The number of para-hydroxylation sites is 1. The minimum Gasteiger partial charge on any atom is -0.380 e. The Hall–Kier alpha value is -1.13. The number of hydrogen-bond donors (Lipinski definition) is 1. The maximum Gasteiger partial charge on any atom is 0.146 e. The molecule has 3 nitrogen and oxygen atoms in total. The minimum atomic E-state index is -0.134. The average molecular weight is 280 g/mol. The monoisotopic (exact) mass is 280 g/mol. The molecule has 0 aromatic heterocycles. The standard InChI is InChI=1S/C16H25FN2O/c1-12(2)18-10-13-6-4-8-15(17)16(13)19-9-5-7-14(11-19)20-3/h4,6,8,12,14,18H,5,7,9-11H2,1-3H3. The lowest BCUT2D eigenvalue weighted by atomic mass is 10.0. The van der Waals surface area contributed by atoms with E-state index in [1.807, 2.05) is 6.07 Å². The van der Waals surface area contributed by atoms with E-state index in [4.69, 9.17) is 4.74 Å². The Bertz CT molecular complexity index is 436. The highest BCUT2D eigenvalue weighted by atomic mass is 19.1. The van der Waals surface area contributed by atoms with E-state index in [2.05, 4.69) is 24.1 Å². The molecular formula is C16H25FN2O. The lowest BCUT2D eigenvalue weighted by molar-refractivity contribution is 0.0891. The molecule has 1 heterocycles. The molecule has 0 saturated carbocycles. The largest absolute Gasteiger partial charge is 0.380 e. The van der Waals surface area contributed by atoms with Crippen LogP contribution in [0.25, 0.3) is 0 Å². The number of nitrogens with zero attached hydrogens (tertiary/aromatic N) is 1. The van der Waals surface area contributed by atoms with E-state index in [-0.39, 0.29) is 11.9 Å². The lowest BCUT2D eigenvalue weighted by Crippen LogP contribution is -2.40. The zero-order chi connectivity index (χ0) is 14.5. The zero-order valence-electron chi connectivity index (χ0n) is 12.7. The summed E-state index contributed by atoms with van der Waals surface area (Å²) in [6.45, 7) is 6.56. The van der Waals surface area contributed by atoms with Gasteiger partial charge in [-0.05, 0) is 24.5 Å². The van der Waals surface area contributed by atoms with Gasteiger partial charge >= 0.3 is 0 Å². The molecule has 1 aliphatic rings. The third-order valence-electron chi connectivity index (χ3n) is 3.80. The first-order valence-electron chi connectivity index (χ1n) is 7.40. The normalized spacial score (nSPS) is 19.6. The van der Waals surface area contributed by atoms with Gasteiger partial charge in [-0.1, -0.05) is 26.0 Å². The predicted molar refractivity (Wildman–Crippen MR) is 80.6 cm³/mol. The molecular weight excluding hydrogens is 255 g/mol. The Morgan fingerprint density at radius 3 is 2.95 bits per heavy atom. The zero-order valence-corrected chi connectivity index (χ0v) is 12.7. The van der Waals surface area contributed by atoms with Crippen molar-refractivity contribution < 1.29 is 9.13 Å². The molecule has 1 N–H and O–H groups in total. The highest BCUT2D eigenvalue weighted by molar-refractivity contribution is 5.55. The van der Waals surface area contributed by atoms with E-state index < -0.39 is 0 Å². The quantitative estimate of drug-likeness (QED) is 0.897. The maximum atomic E-state index is 14.3. The topological polar surface area (TPSA) is 24.5 Å². The fourth-order valence-corrected chi connectivity index (χ4v) is 2.70. The van der Waals surface area contributed by atoms with Crippen molar-refractivity contribution in [3.05, 3.63) is 29.6 Å². The van der Waals surface area contributed by atoms with E-state index in [0.29, 0.717) is 12.6 Å². The van der Waals surface area contributed by atoms with E-state index in [1.165, 1.54) is 0 Å². The summed E-state index contributed by atoms with van der Waals surface area (Å²) in [7, 11) is 1.73. The Balaban J connectivity index is 2.20. The van der Waals surface area contributed by atoms with Crippen LogP contribution < -0.4 is 10.2 Å². The van der Waals surface area contributed by atoms with Crippen LogP contribution in [0.3, 0.4) is 0 Å². The first-order valence-corrected chi connectivity index (χ1v) is 7.40. The van der Waals surface area contributed by atoms with Crippen LogP contribution in [0.5, 0.6) is 0 Å². The minimum absolute atomic E-state index is 0.134. The fourth-order valence-electron chi connectivity index (χ4n) is 2.70. The van der Waals surface area contributed by atoms with Crippen LogP contribution in [-0.4, -0.2) is 32.3 Å². The van der Waals surface area contributed by atoms with Crippen molar-refractivity contribution in [3.63, 3.8) is 0 Å². The molecule has 1 unspecified atom stereocenters. The summed E-state index contributed by atoms with van der Waals surface area (Å²) in [6, 6.07) is 5.72. The highest BCUT2D eigenvalue weighted by Crippen LogP contribution is 2.28. The van der Waals surface area contributed by atoms with E-state index >= 15 is 0 Å². The molecule has 0 amide bonds. The van der Waals surface area contributed by atoms with Gasteiger partial charge in [0.25, 0.3) is 0 Å². The van der Waals surface area contributed by atoms with Gasteiger partial charge in [-0.3, -0.25) is 0 Å². The third kappa shape index (κ3) is 3.70. The van der Waals surface area contributed by atoms with Crippen LogP contribution in [0.4, 0.5) is 10.1 Å². The van der Waals surface area contributed by atoms with Gasteiger partial charge in [-0.25, -0.2) is 4.39 Å². The molecule has 1 saturated heterocycles. The van der Waals surface area contributed by atoms with Crippen molar-refractivity contribution >= 4 is 5.69 Å². The van der Waals surface area contributed by atoms with E-state index in [1.54, 1.807) is 19.2 Å². The van der Waals surface area contributed by atoms with Gasteiger partial charge in [0.1, 0.15) is 5.82 Å². The number of halogens is 1. The summed E-state index contributed by atoms with van der Waals surface area (Å²) in [5.41, 5.74) is 1.76. The number of hydrogen-bond acceptors (Lipinski definition) is 3. The molecule has 1 aliphatic heterocycles. The van der Waals surface area contributed by atoms with Crippen molar-refractivity contribution in [2.75, 3.05) is 25.1 Å². The Labute approximate surface area is 121 Å². The van der Waals surface area contributed by atoms with Crippen LogP contribution >= 0.6 is 0 Å². The summed E-state index contributed by atoms with van der Waals surface area (Å²) < 4.78 is 19.7. The van der Waals surface area contributed by atoms with Gasteiger partial charge in [0.05, 0.1) is 11.8 Å². The Morgan fingerprint density at radius 2 is 2.25 bits per heavy atom. The third-order valence-corrected chi connectivity index (χ3v) is 3.80. The van der Waals surface area contributed by atoms with Crippen LogP contribution in [-0.2, 0) is 11.3 Å². The van der Waals surface area contributed by atoms with Gasteiger partial charge in [0, 0.05) is 32.8 Å². The molecule has 0 bridgehead atoms. The first-order chi connectivity index (χ1) is 9.61. The molecule has 0 spiro atoms. The van der Waals surface area contributed by atoms with Crippen molar-refractivity contribution in [1.82, 2.24) is 5.32 Å². The fraction of sp³-hybridized carbons (Fsp3) is 0.625. The Kier molecular flexibility index (Phi) is 5.38. The maximum absolute atomic E-state index is 14.3. The smallest absolute Gasteiger partial charge is 0.146 e. The SMILES string of the molecule is COC1CCCN(c2c(F)cccc2CNC(C)C)C1. The van der Waals surface area contributed by atoms with Crippen molar-refractivity contribution in [2.45, 2.75) is 45.4 Å². The molecule has 0 aliphatic carbocycles. The second-order valence-corrected chi connectivity index (χ2v) is 5.73. The molecule has 0 radical (unpaired) electrons. The highest BCUT2D eigenvalue weighted by Gasteiger charge is 2.23. The first kappa shape index (κ1) is 15.3. The van der Waals surface area contributed by atoms with Crippen LogP contribution in [0, 0.1) is 5.82 Å². The number of nitrogens with one attached hydrogen (secondary N) is 1. The summed E-state index contributed by atoms with van der Waals surface area (Å²) in [4.78, 5) is 2.13. The molecule has 4 heteroatoms. The van der Waals surface area contributed by atoms with Crippen LogP contribution in [0.1, 0.15) is 32.3 Å². The molecule has 1 aromatic rings. The van der Waals surface area contributed by atoms with Gasteiger partial charge < -0.3 is 15.0 Å². The summed E-state index contributed by atoms with van der Waals surface area (Å²) in [5, 5.41) is 3.37. The molecule has 112 valence electrons. The van der Waals surface area contributed by atoms with Gasteiger partial charge in [-0.2, -0.15) is 0 Å². The van der Waals surface area contributed by atoms with Crippen molar-refractivity contribution in [3.8, 4) is 0 Å². The van der Waals surface area contributed by atoms with Crippen molar-refractivity contribution in [2.24, 2.45) is 0 Å². The number of piperidine rings is 1. The molecule has 1 atom stereocenters. The van der Waals surface area contributed by atoms with E-state index in [9.17, 15) is 4.39 Å². The summed E-state index contributed by atoms with van der Waals surface area (Å²) >= 11 is 0. The second kappa shape index (κ2) is 7.04. The number of anilines is 1. The summed E-state index contributed by atoms with van der Waals surface area (Å²) in [6.07, 6.45) is 2.31. The number of benzene rings is 1. The molecule has 20 heavy (non-hydrogen) atoms. The van der Waals surface area contributed by atoms with Crippen molar-refractivity contribution in [1.29, 1.82) is 0 Å². The number of rotatable bonds is 5. The average Bonchev–Trinajstić information content (AvgIpc) is 2.45.